The highest BCUT2D eigenvalue weighted by atomic mass is 16.2. The summed E-state index contributed by atoms with van der Waals surface area (Å²) in [5.74, 6) is 0.226. The summed E-state index contributed by atoms with van der Waals surface area (Å²) in [5.41, 5.74) is 3.00. The number of rotatable bonds is 1. The second-order valence-corrected chi connectivity index (χ2v) is 2.15. The maximum absolute atomic E-state index is 10.9. The van der Waals surface area contributed by atoms with Crippen molar-refractivity contribution in [3.63, 3.8) is 0 Å². The van der Waals surface area contributed by atoms with Gasteiger partial charge in [0.25, 0.3) is 0 Å². The number of carbonyl (C=O) groups is 1. The van der Waals surface area contributed by atoms with Crippen LogP contribution >= 0.6 is 0 Å². The molecule has 1 aliphatic rings. The first-order valence-electron chi connectivity index (χ1n) is 3.38. The van der Waals surface area contributed by atoms with Gasteiger partial charge in [-0.05, 0) is 13.3 Å². The van der Waals surface area contributed by atoms with Gasteiger partial charge in [0.1, 0.15) is 0 Å². The van der Waals surface area contributed by atoms with Crippen LogP contribution in [0.3, 0.4) is 0 Å². The van der Waals surface area contributed by atoms with Gasteiger partial charge in [0.15, 0.2) is 0 Å². The smallest absolute Gasteiger partial charge is 0.236 e. The number of carbonyl (C=O) groups excluding carboxylic acids is 1. The van der Waals surface area contributed by atoms with Crippen LogP contribution in [-0.4, -0.2) is 24.0 Å². The summed E-state index contributed by atoms with van der Waals surface area (Å²) in [5, 5.41) is 1.67. The van der Waals surface area contributed by atoms with Gasteiger partial charge in [-0.3, -0.25) is 9.80 Å². The fourth-order valence-corrected chi connectivity index (χ4v) is 0.965. The molecular formula is C6H12N2O. The predicted molar refractivity (Wildman–Crippen MR) is 34.6 cm³/mol. The minimum Gasteiger partial charge on any atom is -0.278 e. The predicted octanol–water partition coefficient (Wildman–Crippen LogP) is 0.133. The summed E-state index contributed by atoms with van der Waals surface area (Å²) in [6.07, 6.45) is 1.69. The van der Waals surface area contributed by atoms with E-state index in [1.165, 1.54) is 0 Å². The third-order valence-corrected chi connectivity index (χ3v) is 1.49. The third-order valence-electron chi connectivity index (χ3n) is 1.49. The highest BCUT2D eigenvalue weighted by Crippen LogP contribution is 1.99. The Labute approximate surface area is 55.0 Å². The lowest BCUT2D eigenvalue weighted by molar-refractivity contribution is -0.136. The van der Waals surface area contributed by atoms with Crippen molar-refractivity contribution >= 4 is 5.91 Å². The summed E-state index contributed by atoms with van der Waals surface area (Å²) in [6.45, 7) is 3.69. The molecule has 9 heavy (non-hydrogen) atoms. The van der Waals surface area contributed by atoms with Crippen molar-refractivity contribution in [2.45, 2.75) is 19.8 Å². The standard InChI is InChI=1S/C6H12N2O/c1-2-8-6(9)4-3-5-7-8/h7H,2-5H2,1H3. The molecule has 3 heteroatoms. The highest BCUT2D eigenvalue weighted by molar-refractivity contribution is 5.76. The van der Waals surface area contributed by atoms with E-state index < -0.39 is 0 Å². The van der Waals surface area contributed by atoms with Crippen LogP contribution in [0, 0.1) is 0 Å². The molecule has 0 aliphatic carbocycles. The van der Waals surface area contributed by atoms with Crippen molar-refractivity contribution < 1.29 is 4.79 Å². The maximum atomic E-state index is 10.9. The van der Waals surface area contributed by atoms with Crippen LogP contribution in [0.5, 0.6) is 0 Å². The summed E-state index contributed by atoms with van der Waals surface area (Å²) >= 11 is 0. The van der Waals surface area contributed by atoms with E-state index in [-0.39, 0.29) is 5.91 Å². The fraction of sp³-hybridized carbons (Fsp3) is 0.833. The van der Waals surface area contributed by atoms with Crippen LogP contribution in [0.2, 0.25) is 0 Å². The fourth-order valence-electron chi connectivity index (χ4n) is 0.965. The summed E-state index contributed by atoms with van der Waals surface area (Å²) in [4.78, 5) is 10.9. The van der Waals surface area contributed by atoms with E-state index in [4.69, 9.17) is 0 Å². The minimum atomic E-state index is 0.226. The molecule has 0 bridgehead atoms. The van der Waals surface area contributed by atoms with Gasteiger partial charge in [-0.15, -0.1) is 0 Å². The molecule has 0 atom stereocenters. The monoisotopic (exact) mass is 128 g/mol. The molecule has 0 spiro atoms. The third kappa shape index (κ3) is 1.42. The molecule has 0 saturated carbocycles. The molecule has 0 aromatic carbocycles. The van der Waals surface area contributed by atoms with Gasteiger partial charge in [-0.25, -0.2) is 5.43 Å². The van der Waals surface area contributed by atoms with Crippen molar-refractivity contribution in [3.8, 4) is 0 Å². The molecule has 1 aliphatic heterocycles. The molecule has 0 unspecified atom stereocenters. The first-order chi connectivity index (χ1) is 4.34. The second-order valence-electron chi connectivity index (χ2n) is 2.15. The van der Waals surface area contributed by atoms with Gasteiger partial charge in [0.05, 0.1) is 0 Å². The zero-order valence-corrected chi connectivity index (χ0v) is 5.68. The Morgan fingerprint density at radius 1 is 1.78 bits per heavy atom. The molecule has 1 amide bonds. The Bertz CT molecular complexity index is 114. The Balaban J connectivity index is 2.39. The molecule has 1 N–H and O–H groups in total. The van der Waals surface area contributed by atoms with Gasteiger partial charge in [0.2, 0.25) is 5.91 Å². The van der Waals surface area contributed by atoms with Gasteiger partial charge in [-0.2, -0.15) is 0 Å². The van der Waals surface area contributed by atoms with E-state index in [0.29, 0.717) is 6.42 Å². The van der Waals surface area contributed by atoms with E-state index in [1.54, 1.807) is 5.01 Å². The van der Waals surface area contributed by atoms with Crippen LogP contribution in [0.1, 0.15) is 19.8 Å². The van der Waals surface area contributed by atoms with Crippen LogP contribution in [0.15, 0.2) is 0 Å². The zero-order chi connectivity index (χ0) is 6.69. The lowest BCUT2D eigenvalue weighted by atomic mass is 10.2. The number of hydrogen-bond acceptors (Lipinski definition) is 2. The topological polar surface area (TPSA) is 32.3 Å². The quantitative estimate of drug-likeness (QED) is 0.544. The number of nitrogens with zero attached hydrogens (tertiary/aromatic N) is 1. The average molecular weight is 128 g/mol. The molecule has 0 aromatic rings. The first kappa shape index (κ1) is 6.55. The highest BCUT2D eigenvalue weighted by Gasteiger charge is 2.14. The van der Waals surface area contributed by atoms with Crippen molar-refractivity contribution in [1.29, 1.82) is 0 Å². The van der Waals surface area contributed by atoms with Gasteiger partial charge >= 0.3 is 0 Å². The lowest BCUT2D eigenvalue weighted by Crippen LogP contribution is -2.46. The number of hydrazine groups is 1. The van der Waals surface area contributed by atoms with Crippen LogP contribution in [0.4, 0.5) is 0 Å². The van der Waals surface area contributed by atoms with Crippen molar-refractivity contribution in [2.75, 3.05) is 13.1 Å². The molecule has 0 aromatic heterocycles. The van der Waals surface area contributed by atoms with Crippen molar-refractivity contribution in [1.82, 2.24) is 10.4 Å². The van der Waals surface area contributed by atoms with Crippen molar-refractivity contribution in [2.24, 2.45) is 0 Å². The first-order valence-corrected chi connectivity index (χ1v) is 3.38. The number of hydrogen-bond donors (Lipinski definition) is 1. The van der Waals surface area contributed by atoms with E-state index in [9.17, 15) is 4.79 Å². The van der Waals surface area contributed by atoms with Gasteiger partial charge in [0, 0.05) is 19.5 Å². The van der Waals surface area contributed by atoms with E-state index in [0.717, 1.165) is 19.5 Å². The Morgan fingerprint density at radius 3 is 3.00 bits per heavy atom. The van der Waals surface area contributed by atoms with Crippen LogP contribution in [-0.2, 0) is 4.79 Å². The number of amides is 1. The van der Waals surface area contributed by atoms with Crippen LogP contribution in [0.25, 0.3) is 0 Å². The SMILES string of the molecule is CCN1NCCCC1=O. The molecule has 1 heterocycles. The summed E-state index contributed by atoms with van der Waals surface area (Å²) in [7, 11) is 0. The molecule has 0 radical (unpaired) electrons. The Kier molecular flexibility index (Phi) is 2.05. The second kappa shape index (κ2) is 2.82. The molecule has 1 fully saturated rings. The van der Waals surface area contributed by atoms with E-state index in [2.05, 4.69) is 5.43 Å². The molecule has 52 valence electrons. The largest absolute Gasteiger partial charge is 0.278 e. The van der Waals surface area contributed by atoms with Crippen LogP contribution < -0.4 is 5.43 Å². The van der Waals surface area contributed by atoms with Crippen molar-refractivity contribution in [3.05, 3.63) is 0 Å². The Morgan fingerprint density at radius 2 is 2.56 bits per heavy atom. The zero-order valence-electron chi connectivity index (χ0n) is 5.68. The van der Waals surface area contributed by atoms with Gasteiger partial charge in [-0.1, -0.05) is 0 Å². The summed E-state index contributed by atoms with van der Waals surface area (Å²) < 4.78 is 0. The molecule has 1 saturated heterocycles. The summed E-state index contributed by atoms with van der Waals surface area (Å²) in [6, 6.07) is 0. The van der Waals surface area contributed by atoms with Gasteiger partial charge < -0.3 is 0 Å². The average Bonchev–Trinajstić information content (AvgIpc) is 1.89. The van der Waals surface area contributed by atoms with E-state index >= 15 is 0 Å². The lowest BCUT2D eigenvalue weighted by Gasteiger charge is -2.25. The normalized spacial score (nSPS) is 20.6. The minimum absolute atomic E-state index is 0.226. The Hall–Kier alpha value is -0.570. The number of nitrogens with one attached hydrogen (secondary N) is 1. The molecular weight excluding hydrogens is 116 g/mol. The maximum Gasteiger partial charge on any atom is 0.236 e. The van der Waals surface area contributed by atoms with E-state index in [1.807, 2.05) is 6.92 Å². The molecule has 1 rings (SSSR count). The molecule has 3 nitrogen and oxygen atoms in total.